The molecule has 3 aromatic rings. The van der Waals surface area contributed by atoms with Crippen LogP contribution in [0.25, 0.3) is 0 Å². The highest BCUT2D eigenvalue weighted by atomic mass is 16.5. The van der Waals surface area contributed by atoms with Gasteiger partial charge in [-0.2, -0.15) is 0 Å². The Labute approximate surface area is 218 Å². The summed E-state index contributed by atoms with van der Waals surface area (Å²) in [6.45, 7) is 6.19. The van der Waals surface area contributed by atoms with Crippen LogP contribution in [0.5, 0.6) is 0 Å². The summed E-state index contributed by atoms with van der Waals surface area (Å²) in [4.78, 5) is 29.7. The van der Waals surface area contributed by atoms with Crippen LogP contribution in [0.3, 0.4) is 0 Å². The van der Waals surface area contributed by atoms with E-state index in [9.17, 15) is 9.59 Å². The molecule has 37 heavy (non-hydrogen) atoms. The van der Waals surface area contributed by atoms with E-state index in [-0.39, 0.29) is 11.8 Å². The van der Waals surface area contributed by atoms with Gasteiger partial charge in [0.25, 0.3) is 5.91 Å². The molecule has 0 radical (unpaired) electrons. The molecule has 1 fully saturated rings. The monoisotopic (exact) mass is 498 g/mol. The van der Waals surface area contributed by atoms with Crippen molar-refractivity contribution in [1.29, 1.82) is 0 Å². The van der Waals surface area contributed by atoms with Crippen molar-refractivity contribution in [3.8, 4) is 0 Å². The Hall–Kier alpha value is -3.68. The minimum Gasteiger partial charge on any atom is -0.379 e. The molecule has 7 nitrogen and oxygen atoms in total. The van der Waals surface area contributed by atoms with Crippen LogP contribution in [-0.4, -0.2) is 56.1 Å². The fourth-order valence-corrected chi connectivity index (χ4v) is 4.89. The van der Waals surface area contributed by atoms with Gasteiger partial charge in [0, 0.05) is 62.6 Å². The zero-order valence-corrected chi connectivity index (χ0v) is 21.1. The van der Waals surface area contributed by atoms with Crippen LogP contribution in [0.4, 0.5) is 11.4 Å². The molecule has 0 atom stereocenters. The predicted octanol–water partition coefficient (Wildman–Crippen LogP) is 3.84. The van der Waals surface area contributed by atoms with Crippen molar-refractivity contribution in [2.75, 3.05) is 49.6 Å². The van der Waals surface area contributed by atoms with Gasteiger partial charge in [-0.15, -0.1) is 0 Å². The van der Waals surface area contributed by atoms with Gasteiger partial charge in [0.15, 0.2) is 0 Å². The van der Waals surface area contributed by atoms with Crippen LogP contribution in [0.1, 0.15) is 33.5 Å². The van der Waals surface area contributed by atoms with E-state index < -0.39 is 0 Å². The molecular formula is C30H34N4O3. The molecule has 0 spiro atoms. The van der Waals surface area contributed by atoms with Crippen molar-refractivity contribution in [3.63, 3.8) is 0 Å². The van der Waals surface area contributed by atoms with Gasteiger partial charge in [-0.25, -0.2) is 0 Å². The first kappa shape index (κ1) is 25.0. The maximum absolute atomic E-state index is 12.8. The number of hydrogen-bond acceptors (Lipinski definition) is 5. The Balaban J connectivity index is 1.10. The van der Waals surface area contributed by atoms with Gasteiger partial charge < -0.3 is 20.3 Å². The molecule has 2 N–H and O–H groups in total. The summed E-state index contributed by atoms with van der Waals surface area (Å²) in [5.41, 5.74) is 6.23. The van der Waals surface area contributed by atoms with Crippen LogP contribution in [0.15, 0.2) is 72.8 Å². The van der Waals surface area contributed by atoms with Crippen molar-refractivity contribution < 1.29 is 14.3 Å². The van der Waals surface area contributed by atoms with Crippen molar-refractivity contribution in [1.82, 2.24) is 10.2 Å². The summed E-state index contributed by atoms with van der Waals surface area (Å²) < 4.78 is 5.35. The summed E-state index contributed by atoms with van der Waals surface area (Å²) in [7, 11) is 0. The molecule has 0 aromatic heterocycles. The number of benzene rings is 3. The molecule has 2 heterocycles. The third kappa shape index (κ3) is 6.76. The van der Waals surface area contributed by atoms with Gasteiger partial charge >= 0.3 is 0 Å². The standard InChI is InChI=1S/C30H34N4O3/c35-29(13-14-33-16-18-37-19-17-33)32-27-7-3-4-23(20-27)21-31-30(36)25-8-10-28(11-9-25)34-15-12-24-5-1-2-6-26(24)22-34/h1-11,20H,12-19,21-22H2,(H,31,36)(H,32,35). The molecule has 0 saturated carbocycles. The lowest BCUT2D eigenvalue weighted by Gasteiger charge is -2.30. The highest BCUT2D eigenvalue weighted by molar-refractivity contribution is 5.94. The van der Waals surface area contributed by atoms with E-state index >= 15 is 0 Å². The molecule has 5 rings (SSSR count). The quantitative estimate of drug-likeness (QED) is 0.494. The number of carbonyl (C=O) groups excluding carboxylic acids is 2. The Bertz CT molecular complexity index is 1220. The Kier molecular flexibility index (Phi) is 8.13. The van der Waals surface area contributed by atoms with Crippen molar-refractivity contribution >= 4 is 23.2 Å². The van der Waals surface area contributed by atoms with E-state index in [1.807, 2.05) is 48.5 Å². The van der Waals surface area contributed by atoms with Gasteiger partial charge in [-0.1, -0.05) is 36.4 Å². The molecule has 1 saturated heterocycles. The van der Waals surface area contributed by atoms with Crippen LogP contribution < -0.4 is 15.5 Å². The minimum absolute atomic E-state index is 0.00930. The lowest BCUT2D eigenvalue weighted by atomic mass is 9.99. The molecule has 0 bridgehead atoms. The largest absolute Gasteiger partial charge is 0.379 e. The van der Waals surface area contributed by atoms with Crippen molar-refractivity contribution in [3.05, 3.63) is 95.1 Å². The minimum atomic E-state index is -0.115. The number of carbonyl (C=O) groups is 2. The highest BCUT2D eigenvalue weighted by Gasteiger charge is 2.17. The third-order valence-electron chi connectivity index (χ3n) is 7.05. The average Bonchev–Trinajstić information content (AvgIpc) is 2.95. The summed E-state index contributed by atoms with van der Waals surface area (Å²) in [5, 5.41) is 5.96. The van der Waals surface area contributed by atoms with Gasteiger partial charge in [0.2, 0.25) is 5.91 Å². The first-order valence-electron chi connectivity index (χ1n) is 13.0. The summed E-state index contributed by atoms with van der Waals surface area (Å²) >= 11 is 0. The maximum Gasteiger partial charge on any atom is 0.251 e. The van der Waals surface area contributed by atoms with Gasteiger partial charge in [0.1, 0.15) is 0 Å². The van der Waals surface area contributed by atoms with E-state index in [1.165, 1.54) is 11.1 Å². The van der Waals surface area contributed by atoms with Crippen LogP contribution in [0, 0.1) is 0 Å². The number of nitrogens with one attached hydrogen (secondary N) is 2. The van der Waals surface area contributed by atoms with Gasteiger partial charge in [0.05, 0.1) is 13.2 Å². The number of anilines is 2. The van der Waals surface area contributed by atoms with Crippen LogP contribution >= 0.6 is 0 Å². The summed E-state index contributed by atoms with van der Waals surface area (Å²) in [5.74, 6) is -0.125. The highest BCUT2D eigenvalue weighted by Crippen LogP contribution is 2.24. The second-order valence-electron chi connectivity index (χ2n) is 9.62. The van der Waals surface area contributed by atoms with E-state index in [4.69, 9.17) is 4.74 Å². The van der Waals surface area contributed by atoms with E-state index in [2.05, 4.69) is 44.7 Å². The van der Waals surface area contributed by atoms with E-state index in [0.29, 0.717) is 18.5 Å². The lowest BCUT2D eigenvalue weighted by molar-refractivity contribution is -0.116. The molecular weight excluding hydrogens is 464 g/mol. The van der Waals surface area contributed by atoms with Gasteiger partial charge in [-0.05, 0) is 59.5 Å². The van der Waals surface area contributed by atoms with Crippen molar-refractivity contribution in [2.24, 2.45) is 0 Å². The van der Waals surface area contributed by atoms with E-state index in [0.717, 1.165) is 69.3 Å². The smallest absolute Gasteiger partial charge is 0.251 e. The molecule has 2 aliphatic heterocycles. The second kappa shape index (κ2) is 12.0. The molecule has 7 heteroatoms. The normalized spacial score (nSPS) is 15.6. The SMILES string of the molecule is O=C(CCN1CCOCC1)Nc1cccc(CNC(=O)c2ccc(N3CCc4ccccc4C3)cc2)c1. The first-order chi connectivity index (χ1) is 18.1. The fraction of sp³-hybridized carbons (Fsp3) is 0.333. The molecule has 2 aliphatic rings. The first-order valence-corrected chi connectivity index (χ1v) is 13.0. The zero-order chi connectivity index (χ0) is 25.5. The molecule has 0 aliphatic carbocycles. The maximum atomic E-state index is 12.8. The number of nitrogens with zero attached hydrogens (tertiary/aromatic N) is 2. The Morgan fingerprint density at radius 1 is 0.865 bits per heavy atom. The number of morpholine rings is 1. The zero-order valence-electron chi connectivity index (χ0n) is 21.1. The molecule has 3 aromatic carbocycles. The van der Waals surface area contributed by atoms with Crippen LogP contribution in [-0.2, 0) is 29.0 Å². The van der Waals surface area contributed by atoms with Gasteiger partial charge in [-0.3, -0.25) is 14.5 Å². The fourth-order valence-electron chi connectivity index (χ4n) is 4.89. The summed E-state index contributed by atoms with van der Waals surface area (Å²) in [6.07, 6.45) is 1.48. The van der Waals surface area contributed by atoms with Crippen molar-refractivity contribution in [2.45, 2.75) is 25.9 Å². The third-order valence-corrected chi connectivity index (χ3v) is 7.05. The second-order valence-corrected chi connectivity index (χ2v) is 9.62. The lowest BCUT2D eigenvalue weighted by Crippen LogP contribution is -2.38. The number of amides is 2. The Morgan fingerprint density at radius 3 is 2.46 bits per heavy atom. The number of fused-ring (bicyclic) bond motifs is 1. The number of ether oxygens (including phenoxy) is 1. The molecule has 2 amide bonds. The molecule has 192 valence electrons. The molecule has 0 unspecified atom stereocenters. The summed E-state index contributed by atoms with van der Waals surface area (Å²) in [6, 6.07) is 24.0. The predicted molar refractivity (Wildman–Crippen MR) is 146 cm³/mol. The Morgan fingerprint density at radius 2 is 1.65 bits per heavy atom. The van der Waals surface area contributed by atoms with E-state index in [1.54, 1.807) is 0 Å². The topological polar surface area (TPSA) is 73.9 Å². The number of rotatable bonds is 8. The number of hydrogen-bond donors (Lipinski definition) is 2. The average molecular weight is 499 g/mol. The van der Waals surface area contributed by atoms with Crippen LogP contribution in [0.2, 0.25) is 0 Å².